The Morgan fingerprint density at radius 3 is 2.78 bits per heavy atom. The smallest absolute Gasteiger partial charge is 0.0704 e. The van der Waals surface area contributed by atoms with E-state index in [4.69, 9.17) is 9.47 Å². The molecule has 0 atom stereocenters. The highest BCUT2D eigenvalue weighted by Gasteiger charge is 2.26. The molecule has 23 heavy (non-hydrogen) atoms. The Morgan fingerprint density at radius 2 is 2.09 bits per heavy atom. The van der Waals surface area contributed by atoms with Crippen LogP contribution in [0.1, 0.15) is 42.9 Å². The monoisotopic (exact) mass is 324 g/mol. The minimum Gasteiger partial charge on any atom is -0.382 e. The predicted molar refractivity (Wildman–Crippen MR) is 91.7 cm³/mol. The first-order valence-corrected chi connectivity index (χ1v) is 8.70. The molecule has 1 fully saturated rings. The van der Waals surface area contributed by atoms with E-state index in [0.717, 1.165) is 45.3 Å². The van der Waals surface area contributed by atoms with Gasteiger partial charge in [0.05, 0.1) is 25.0 Å². The molecule has 132 valence electrons. The van der Waals surface area contributed by atoms with E-state index in [1.165, 1.54) is 11.3 Å². The molecule has 0 aliphatic heterocycles. The lowest BCUT2D eigenvalue weighted by molar-refractivity contribution is -0.00303. The summed E-state index contributed by atoms with van der Waals surface area (Å²) in [7, 11) is 5.87. The van der Waals surface area contributed by atoms with E-state index in [1.54, 1.807) is 7.11 Å². The van der Waals surface area contributed by atoms with E-state index in [1.807, 2.05) is 7.05 Å². The van der Waals surface area contributed by atoms with Gasteiger partial charge in [0.25, 0.3) is 0 Å². The van der Waals surface area contributed by atoms with Gasteiger partial charge in [-0.15, -0.1) is 0 Å². The van der Waals surface area contributed by atoms with E-state index in [0.29, 0.717) is 25.2 Å². The van der Waals surface area contributed by atoms with Gasteiger partial charge in [-0.2, -0.15) is 5.10 Å². The maximum absolute atomic E-state index is 5.86. The molecule has 1 heterocycles. The highest BCUT2D eigenvalue weighted by atomic mass is 16.5. The number of hydrogen-bond acceptors (Lipinski definition) is 5. The van der Waals surface area contributed by atoms with Crippen molar-refractivity contribution in [2.75, 3.05) is 47.5 Å². The number of aromatic amines is 1. The Kier molecular flexibility index (Phi) is 8.02. The molecule has 0 radical (unpaired) electrons. The van der Waals surface area contributed by atoms with Crippen LogP contribution in [0.15, 0.2) is 6.20 Å². The number of hydrogen-bond donors (Lipinski definition) is 2. The summed E-state index contributed by atoms with van der Waals surface area (Å²) >= 11 is 0. The number of H-pyrrole nitrogens is 1. The second kappa shape index (κ2) is 10.0. The van der Waals surface area contributed by atoms with Crippen molar-refractivity contribution >= 4 is 0 Å². The third-order valence-electron chi connectivity index (χ3n) is 4.64. The Hall–Kier alpha value is -0.950. The number of methoxy groups -OCH3 is 1. The quantitative estimate of drug-likeness (QED) is 0.642. The fourth-order valence-corrected chi connectivity index (χ4v) is 3.28. The third-order valence-corrected chi connectivity index (χ3v) is 4.64. The standard InChI is InChI=1S/C17H32N4O2/c1-18-8-9-21(2)13-15-12-19-20-17(15)14-4-6-16(7-5-14)23-11-10-22-3/h12,14,16,18H,4-11,13H2,1-3H3,(H,19,20). The second-order valence-corrected chi connectivity index (χ2v) is 6.47. The zero-order valence-electron chi connectivity index (χ0n) is 14.8. The van der Waals surface area contributed by atoms with Crippen molar-refractivity contribution in [3.63, 3.8) is 0 Å². The lowest BCUT2D eigenvalue weighted by atomic mass is 9.84. The largest absolute Gasteiger partial charge is 0.382 e. The van der Waals surface area contributed by atoms with Crippen LogP contribution in [0, 0.1) is 0 Å². The molecule has 1 saturated carbocycles. The number of nitrogens with one attached hydrogen (secondary N) is 2. The fraction of sp³-hybridized carbons (Fsp3) is 0.824. The minimum absolute atomic E-state index is 0.391. The number of ether oxygens (including phenoxy) is 2. The van der Waals surface area contributed by atoms with Crippen molar-refractivity contribution in [3.8, 4) is 0 Å². The minimum atomic E-state index is 0.391. The van der Waals surface area contributed by atoms with Crippen LogP contribution in [0.4, 0.5) is 0 Å². The van der Waals surface area contributed by atoms with Gasteiger partial charge in [-0.1, -0.05) is 0 Å². The van der Waals surface area contributed by atoms with Crippen LogP contribution in [0.25, 0.3) is 0 Å². The number of rotatable bonds is 10. The van der Waals surface area contributed by atoms with Crippen molar-refractivity contribution in [1.82, 2.24) is 20.4 Å². The molecular formula is C17H32N4O2. The molecule has 1 aliphatic rings. The van der Waals surface area contributed by atoms with Gasteiger partial charge in [0.1, 0.15) is 0 Å². The molecule has 0 unspecified atom stereocenters. The molecule has 1 aliphatic carbocycles. The highest BCUT2D eigenvalue weighted by molar-refractivity contribution is 5.21. The summed E-state index contributed by atoms with van der Waals surface area (Å²) in [5.41, 5.74) is 2.60. The van der Waals surface area contributed by atoms with Crippen LogP contribution in [0.5, 0.6) is 0 Å². The first-order chi connectivity index (χ1) is 11.2. The number of likely N-dealkylation sites (N-methyl/N-ethyl adjacent to an activating group) is 2. The first-order valence-electron chi connectivity index (χ1n) is 8.70. The molecule has 1 aromatic rings. The van der Waals surface area contributed by atoms with Crippen molar-refractivity contribution in [1.29, 1.82) is 0 Å². The Bertz CT molecular complexity index is 430. The van der Waals surface area contributed by atoms with Crippen molar-refractivity contribution < 1.29 is 9.47 Å². The van der Waals surface area contributed by atoms with Crippen LogP contribution >= 0.6 is 0 Å². The maximum atomic E-state index is 5.86. The molecule has 2 rings (SSSR count). The van der Waals surface area contributed by atoms with Gasteiger partial charge >= 0.3 is 0 Å². The summed E-state index contributed by atoms with van der Waals surface area (Å²) < 4.78 is 10.9. The zero-order valence-corrected chi connectivity index (χ0v) is 14.8. The predicted octanol–water partition coefficient (Wildman–Crippen LogP) is 1.75. The molecule has 0 aromatic carbocycles. The van der Waals surface area contributed by atoms with Crippen LogP contribution in [0.2, 0.25) is 0 Å². The van der Waals surface area contributed by atoms with Gasteiger partial charge in [0.15, 0.2) is 0 Å². The fourth-order valence-electron chi connectivity index (χ4n) is 3.28. The van der Waals surface area contributed by atoms with Crippen LogP contribution in [0.3, 0.4) is 0 Å². The maximum Gasteiger partial charge on any atom is 0.0704 e. The molecule has 1 aromatic heterocycles. The van der Waals surface area contributed by atoms with Crippen LogP contribution in [-0.4, -0.2) is 68.7 Å². The molecule has 0 amide bonds. The normalized spacial score (nSPS) is 21.9. The summed E-state index contributed by atoms with van der Waals surface area (Å²) in [5.74, 6) is 0.566. The summed E-state index contributed by atoms with van der Waals surface area (Å²) in [6.45, 7) is 4.39. The van der Waals surface area contributed by atoms with Gasteiger partial charge in [-0.05, 0) is 39.8 Å². The van der Waals surface area contributed by atoms with Crippen LogP contribution < -0.4 is 5.32 Å². The van der Waals surface area contributed by atoms with Crippen LogP contribution in [-0.2, 0) is 16.0 Å². The summed E-state index contributed by atoms with van der Waals surface area (Å²) in [5, 5.41) is 10.8. The summed E-state index contributed by atoms with van der Waals surface area (Å²) in [6, 6.07) is 0. The third kappa shape index (κ3) is 5.88. The van der Waals surface area contributed by atoms with Gasteiger partial charge in [-0.25, -0.2) is 0 Å². The SMILES string of the molecule is CNCCN(C)Cc1c[nH]nc1C1CCC(OCCOC)CC1. The topological polar surface area (TPSA) is 62.4 Å². The van der Waals surface area contributed by atoms with Gasteiger partial charge in [0, 0.05) is 44.4 Å². The second-order valence-electron chi connectivity index (χ2n) is 6.47. The van der Waals surface area contributed by atoms with Gasteiger partial charge < -0.3 is 19.7 Å². The molecule has 0 spiro atoms. The van der Waals surface area contributed by atoms with Crippen molar-refractivity contribution in [3.05, 3.63) is 17.5 Å². The summed E-state index contributed by atoms with van der Waals surface area (Å²) in [4.78, 5) is 2.34. The van der Waals surface area contributed by atoms with Gasteiger partial charge in [-0.3, -0.25) is 5.10 Å². The number of aromatic nitrogens is 2. The van der Waals surface area contributed by atoms with Crippen molar-refractivity contribution in [2.24, 2.45) is 0 Å². The first kappa shape index (κ1) is 18.4. The van der Waals surface area contributed by atoms with E-state index >= 15 is 0 Å². The Labute approximate surface area is 139 Å². The lowest BCUT2D eigenvalue weighted by Gasteiger charge is -2.28. The van der Waals surface area contributed by atoms with Gasteiger partial charge in [0.2, 0.25) is 0 Å². The average Bonchev–Trinajstić information content (AvgIpc) is 3.02. The average molecular weight is 324 g/mol. The zero-order chi connectivity index (χ0) is 16.5. The highest BCUT2D eigenvalue weighted by Crippen LogP contribution is 2.34. The van der Waals surface area contributed by atoms with E-state index in [2.05, 4.69) is 33.7 Å². The molecule has 0 saturated heterocycles. The van der Waals surface area contributed by atoms with Crippen molar-refractivity contribution in [2.45, 2.75) is 44.2 Å². The molecule has 2 N–H and O–H groups in total. The van der Waals surface area contributed by atoms with E-state index in [-0.39, 0.29) is 0 Å². The van der Waals surface area contributed by atoms with E-state index in [9.17, 15) is 0 Å². The molecular weight excluding hydrogens is 292 g/mol. The Morgan fingerprint density at radius 1 is 1.30 bits per heavy atom. The summed E-state index contributed by atoms with van der Waals surface area (Å²) in [6.07, 6.45) is 7.02. The lowest BCUT2D eigenvalue weighted by Crippen LogP contribution is -2.27. The Balaban J connectivity index is 1.81. The number of nitrogens with zero attached hydrogens (tertiary/aromatic N) is 2. The molecule has 6 heteroatoms. The molecule has 0 bridgehead atoms. The van der Waals surface area contributed by atoms with E-state index < -0.39 is 0 Å². The molecule has 6 nitrogen and oxygen atoms in total.